The zero-order valence-corrected chi connectivity index (χ0v) is 17.1. The summed E-state index contributed by atoms with van der Waals surface area (Å²) in [5, 5.41) is 22.1. The summed E-state index contributed by atoms with van der Waals surface area (Å²) in [6.45, 7) is 0.488. The van der Waals surface area contributed by atoms with Gasteiger partial charge < -0.3 is 5.32 Å². The van der Waals surface area contributed by atoms with E-state index in [1.807, 2.05) is 29.0 Å². The molecule has 4 aromatic rings. The minimum Gasteiger partial charge on any atom is -0.337 e. The summed E-state index contributed by atoms with van der Waals surface area (Å²) < 4.78 is 0. The van der Waals surface area contributed by atoms with Crippen molar-refractivity contribution < 1.29 is 4.79 Å². The first-order valence-corrected chi connectivity index (χ1v) is 11.1. The second kappa shape index (κ2) is 9.00. The molecule has 2 N–H and O–H groups in total. The van der Waals surface area contributed by atoms with E-state index in [1.165, 1.54) is 16.9 Å². The number of pyridine rings is 1. The van der Waals surface area contributed by atoms with Crippen LogP contribution in [0.25, 0.3) is 11.4 Å². The van der Waals surface area contributed by atoms with Crippen LogP contribution in [-0.2, 0) is 12.8 Å². The van der Waals surface area contributed by atoms with Gasteiger partial charge in [-0.2, -0.15) is 11.3 Å². The SMILES string of the molecule is O=C(NCCc1nc(-c2ccccn2)cs1)Nc1nnc(Cc2ccsc2)s1. The van der Waals surface area contributed by atoms with Crippen LogP contribution < -0.4 is 10.6 Å². The van der Waals surface area contributed by atoms with Gasteiger partial charge >= 0.3 is 6.03 Å². The Balaban J connectivity index is 1.23. The van der Waals surface area contributed by atoms with Gasteiger partial charge in [0.25, 0.3) is 0 Å². The fourth-order valence-electron chi connectivity index (χ4n) is 2.43. The molecule has 4 rings (SSSR count). The third-order valence-electron chi connectivity index (χ3n) is 3.73. The standard InChI is InChI=1S/C18H16N6OS3/c25-17(22-18-24-23-16(28-18)9-12-5-8-26-10-12)20-7-4-15-21-14(11-27-15)13-3-1-2-6-19-13/h1-3,5-6,8,10-11H,4,7,9H2,(H2,20,22,24,25). The summed E-state index contributed by atoms with van der Waals surface area (Å²) in [5.74, 6) is 0. The predicted molar refractivity (Wildman–Crippen MR) is 113 cm³/mol. The van der Waals surface area contributed by atoms with Crippen LogP contribution in [0.5, 0.6) is 0 Å². The molecule has 0 aromatic carbocycles. The lowest BCUT2D eigenvalue weighted by Gasteiger charge is -2.03. The van der Waals surface area contributed by atoms with Crippen LogP contribution in [0.15, 0.2) is 46.6 Å². The number of nitrogens with one attached hydrogen (secondary N) is 2. The Hall–Kier alpha value is -2.69. The van der Waals surface area contributed by atoms with Crippen molar-refractivity contribution in [3.05, 3.63) is 62.2 Å². The summed E-state index contributed by atoms with van der Waals surface area (Å²) in [6.07, 6.45) is 3.14. The first-order chi connectivity index (χ1) is 13.8. The zero-order valence-electron chi connectivity index (χ0n) is 14.7. The van der Waals surface area contributed by atoms with E-state index in [0.717, 1.165) is 27.8 Å². The molecular weight excluding hydrogens is 412 g/mol. The number of carbonyl (C=O) groups excluding carboxylic acids is 1. The Morgan fingerprint density at radius 1 is 1.07 bits per heavy atom. The van der Waals surface area contributed by atoms with Crippen molar-refractivity contribution in [1.82, 2.24) is 25.5 Å². The quantitative estimate of drug-likeness (QED) is 0.463. The van der Waals surface area contributed by atoms with Gasteiger partial charge in [-0.15, -0.1) is 21.5 Å². The smallest absolute Gasteiger partial charge is 0.321 e. The van der Waals surface area contributed by atoms with Crippen LogP contribution >= 0.6 is 34.0 Å². The predicted octanol–water partition coefficient (Wildman–Crippen LogP) is 4.07. The van der Waals surface area contributed by atoms with Gasteiger partial charge in [-0.05, 0) is 34.5 Å². The van der Waals surface area contributed by atoms with E-state index in [9.17, 15) is 4.79 Å². The molecule has 0 fully saturated rings. The topological polar surface area (TPSA) is 92.7 Å². The molecule has 0 radical (unpaired) electrons. The third kappa shape index (κ3) is 4.97. The number of hydrogen-bond donors (Lipinski definition) is 2. The Labute approximate surface area is 173 Å². The van der Waals surface area contributed by atoms with Gasteiger partial charge in [0.1, 0.15) is 5.01 Å². The Morgan fingerprint density at radius 2 is 2.04 bits per heavy atom. The lowest BCUT2D eigenvalue weighted by Crippen LogP contribution is -2.30. The molecule has 0 unspecified atom stereocenters. The highest BCUT2D eigenvalue weighted by Gasteiger charge is 2.10. The van der Waals surface area contributed by atoms with Gasteiger partial charge in [-0.3, -0.25) is 10.3 Å². The molecule has 0 atom stereocenters. The molecular formula is C18H16N6OS3. The zero-order chi connectivity index (χ0) is 19.2. The van der Waals surface area contributed by atoms with Crippen LogP contribution in [0, 0.1) is 0 Å². The number of urea groups is 1. The molecule has 4 aromatic heterocycles. The van der Waals surface area contributed by atoms with Gasteiger partial charge in [0.15, 0.2) is 0 Å². The Kier molecular flexibility index (Phi) is 6.00. The molecule has 0 spiro atoms. The normalized spacial score (nSPS) is 10.7. The number of hydrogen-bond acceptors (Lipinski definition) is 8. The van der Waals surface area contributed by atoms with E-state index >= 15 is 0 Å². The van der Waals surface area contributed by atoms with Crippen LogP contribution in [-0.4, -0.2) is 32.7 Å². The number of thiazole rings is 1. The first kappa shape index (κ1) is 18.7. The van der Waals surface area contributed by atoms with E-state index < -0.39 is 0 Å². The second-order valence-corrected chi connectivity index (χ2v) is 8.57. The Morgan fingerprint density at radius 3 is 2.86 bits per heavy atom. The van der Waals surface area contributed by atoms with E-state index in [-0.39, 0.29) is 6.03 Å². The molecule has 0 saturated heterocycles. The van der Waals surface area contributed by atoms with Crippen molar-refractivity contribution in [3.8, 4) is 11.4 Å². The summed E-state index contributed by atoms with van der Waals surface area (Å²) in [5.41, 5.74) is 2.91. The van der Waals surface area contributed by atoms with Crippen LogP contribution in [0.2, 0.25) is 0 Å². The van der Waals surface area contributed by atoms with Crippen LogP contribution in [0.4, 0.5) is 9.93 Å². The number of rotatable bonds is 7. The molecule has 10 heteroatoms. The summed E-state index contributed by atoms with van der Waals surface area (Å²) >= 11 is 4.60. The average molecular weight is 429 g/mol. The van der Waals surface area contributed by atoms with Gasteiger partial charge in [-0.1, -0.05) is 17.4 Å². The molecule has 28 heavy (non-hydrogen) atoms. The average Bonchev–Trinajstić information content (AvgIpc) is 3.46. The van der Waals surface area contributed by atoms with Gasteiger partial charge in [0.05, 0.1) is 16.4 Å². The summed E-state index contributed by atoms with van der Waals surface area (Å²) in [4.78, 5) is 20.9. The van der Waals surface area contributed by atoms with Crippen LogP contribution in [0.1, 0.15) is 15.6 Å². The second-order valence-electron chi connectivity index (χ2n) is 5.78. The molecule has 7 nitrogen and oxygen atoms in total. The summed E-state index contributed by atoms with van der Waals surface area (Å²) in [6, 6.07) is 7.51. The first-order valence-electron chi connectivity index (χ1n) is 8.50. The number of nitrogens with zero attached hydrogens (tertiary/aromatic N) is 4. The molecule has 0 aliphatic rings. The van der Waals surface area contributed by atoms with Crippen molar-refractivity contribution in [2.24, 2.45) is 0 Å². The highest BCUT2D eigenvalue weighted by Crippen LogP contribution is 2.20. The largest absolute Gasteiger partial charge is 0.337 e. The van der Waals surface area contributed by atoms with E-state index in [1.54, 1.807) is 28.9 Å². The molecule has 0 aliphatic carbocycles. The van der Waals surface area contributed by atoms with Gasteiger partial charge in [0, 0.05) is 31.0 Å². The van der Waals surface area contributed by atoms with Crippen LogP contribution in [0.3, 0.4) is 0 Å². The van der Waals surface area contributed by atoms with Crippen molar-refractivity contribution >= 4 is 45.2 Å². The minimum atomic E-state index is -0.292. The molecule has 4 heterocycles. The lowest BCUT2D eigenvalue weighted by atomic mass is 10.3. The van der Waals surface area contributed by atoms with E-state index in [2.05, 4.69) is 42.2 Å². The maximum atomic E-state index is 12.0. The monoisotopic (exact) mass is 428 g/mol. The number of aromatic nitrogens is 4. The molecule has 142 valence electrons. The highest BCUT2D eigenvalue weighted by molar-refractivity contribution is 7.15. The number of thiophene rings is 1. The summed E-state index contributed by atoms with van der Waals surface area (Å²) in [7, 11) is 0. The van der Waals surface area contributed by atoms with E-state index in [0.29, 0.717) is 18.1 Å². The minimum absolute atomic E-state index is 0.292. The van der Waals surface area contributed by atoms with Crippen molar-refractivity contribution in [3.63, 3.8) is 0 Å². The lowest BCUT2D eigenvalue weighted by molar-refractivity contribution is 0.252. The molecule has 0 aliphatic heterocycles. The van der Waals surface area contributed by atoms with Crippen molar-refractivity contribution in [2.45, 2.75) is 12.8 Å². The van der Waals surface area contributed by atoms with Crippen molar-refractivity contribution in [2.75, 3.05) is 11.9 Å². The Bertz CT molecular complexity index is 1030. The van der Waals surface area contributed by atoms with Crippen molar-refractivity contribution in [1.29, 1.82) is 0 Å². The van der Waals surface area contributed by atoms with E-state index in [4.69, 9.17) is 0 Å². The number of anilines is 1. The van der Waals surface area contributed by atoms with Gasteiger partial charge in [-0.25, -0.2) is 9.78 Å². The fraction of sp³-hybridized carbons (Fsp3) is 0.167. The third-order valence-corrected chi connectivity index (χ3v) is 6.21. The number of amides is 2. The molecule has 0 bridgehead atoms. The fourth-order valence-corrected chi connectivity index (χ4v) is 4.66. The number of carbonyl (C=O) groups is 1. The molecule has 2 amide bonds. The maximum Gasteiger partial charge on any atom is 0.321 e. The van der Waals surface area contributed by atoms with Gasteiger partial charge in [0.2, 0.25) is 5.13 Å². The highest BCUT2D eigenvalue weighted by atomic mass is 32.1. The molecule has 0 saturated carbocycles. The maximum absolute atomic E-state index is 12.0.